The third kappa shape index (κ3) is 2.04. The van der Waals surface area contributed by atoms with Gasteiger partial charge in [-0.3, -0.25) is 9.11 Å². The highest BCUT2D eigenvalue weighted by molar-refractivity contribution is 7.85. The van der Waals surface area contributed by atoms with Crippen LogP contribution in [0.15, 0.2) is 12.1 Å². The number of ether oxygens (including phenoxy) is 2. The maximum absolute atomic E-state index is 12.0. The van der Waals surface area contributed by atoms with Gasteiger partial charge >= 0.3 is 0 Å². The number of methoxy groups -OCH3 is 2. The normalized spacial score (nSPS) is 29.4. The minimum atomic E-state index is -0.735. The Morgan fingerprint density at radius 1 is 1.20 bits per heavy atom. The molecule has 1 aromatic rings. The third-order valence-electron chi connectivity index (χ3n) is 4.57. The molecule has 0 saturated carbocycles. The summed E-state index contributed by atoms with van der Waals surface area (Å²) in [5, 5.41) is 0. The zero-order valence-corrected chi connectivity index (χ0v) is 13.1. The molecule has 0 amide bonds. The van der Waals surface area contributed by atoms with Crippen molar-refractivity contribution in [3.05, 3.63) is 23.3 Å². The Bertz CT molecular complexity index is 560. The molecule has 0 aliphatic carbocycles. The van der Waals surface area contributed by atoms with Crippen LogP contribution in [0.1, 0.15) is 18.1 Å². The van der Waals surface area contributed by atoms with Crippen molar-refractivity contribution in [2.45, 2.75) is 18.9 Å². The van der Waals surface area contributed by atoms with E-state index in [9.17, 15) is 4.21 Å². The lowest BCUT2D eigenvalue weighted by Gasteiger charge is -2.48. The van der Waals surface area contributed by atoms with E-state index in [2.05, 4.69) is 24.0 Å². The van der Waals surface area contributed by atoms with Crippen molar-refractivity contribution in [2.24, 2.45) is 0 Å². The Morgan fingerprint density at radius 3 is 2.60 bits per heavy atom. The molecule has 0 radical (unpaired) electrons. The Labute approximate surface area is 122 Å². The molecule has 0 spiro atoms. The summed E-state index contributed by atoms with van der Waals surface area (Å²) in [6.45, 7) is 4.14. The average Bonchev–Trinajstić information content (AvgIpc) is 2.45. The molecule has 110 valence electrons. The van der Waals surface area contributed by atoms with E-state index in [4.69, 9.17) is 9.47 Å². The summed E-state index contributed by atoms with van der Waals surface area (Å²) < 4.78 is 22.9. The Kier molecular flexibility index (Phi) is 3.50. The average molecular weight is 295 g/mol. The number of hydrogen-bond acceptors (Lipinski definition) is 4. The topological polar surface area (TPSA) is 38.8 Å². The molecule has 0 aromatic heterocycles. The van der Waals surface area contributed by atoms with Crippen LogP contribution in [0.5, 0.6) is 11.5 Å². The van der Waals surface area contributed by atoms with Gasteiger partial charge in [-0.15, -0.1) is 0 Å². The van der Waals surface area contributed by atoms with E-state index in [-0.39, 0.29) is 5.54 Å². The van der Waals surface area contributed by atoms with Crippen LogP contribution < -0.4 is 9.47 Å². The summed E-state index contributed by atoms with van der Waals surface area (Å²) >= 11 is 0. The lowest BCUT2D eigenvalue weighted by atomic mass is 9.82. The van der Waals surface area contributed by atoms with E-state index >= 15 is 0 Å². The van der Waals surface area contributed by atoms with Gasteiger partial charge in [0, 0.05) is 35.4 Å². The fraction of sp³-hybridized carbons (Fsp3) is 0.600. The molecule has 2 heterocycles. The summed E-state index contributed by atoms with van der Waals surface area (Å²) in [7, 11) is 2.59. The van der Waals surface area contributed by atoms with Crippen LogP contribution in [0.4, 0.5) is 0 Å². The quantitative estimate of drug-likeness (QED) is 0.829. The van der Waals surface area contributed by atoms with Crippen LogP contribution in [0.25, 0.3) is 0 Å². The lowest BCUT2D eigenvalue weighted by molar-refractivity contribution is 0.112. The molecule has 5 heteroatoms. The largest absolute Gasteiger partial charge is 0.493 e. The molecular formula is C15H21NO3S. The summed E-state index contributed by atoms with van der Waals surface area (Å²) in [5.41, 5.74) is 2.39. The van der Waals surface area contributed by atoms with Crippen molar-refractivity contribution in [1.82, 2.24) is 4.90 Å². The van der Waals surface area contributed by atoms with E-state index in [0.717, 1.165) is 36.8 Å². The molecule has 4 nitrogen and oxygen atoms in total. The number of rotatable bonds is 2. The van der Waals surface area contributed by atoms with Crippen molar-refractivity contribution < 1.29 is 13.7 Å². The van der Waals surface area contributed by atoms with Gasteiger partial charge in [-0.1, -0.05) is 0 Å². The number of nitrogens with zero attached hydrogens (tertiary/aromatic N) is 1. The van der Waals surface area contributed by atoms with Crippen molar-refractivity contribution in [1.29, 1.82) is 0 Å². The van der Waals surface area contributed by atoms with Crippen LogP contribution in [0.3, 0.4) is 0 Å². The van der Waals surface area contributed by atoms with Crippen LogP contribution in [0, 0.1) is 0 Å². The first kappa shape index (κ1) is 13.9. The van der Waals surface area contributed by atoms with Crippen LogP contribution in [-0.2, 0) is 22.8 Å². The van der Waals surface area contributed by atoms with Gasteiger partial charge in [-0.25, -0.2) is 0 Å². The van der Waals surface area contributed by atoms with Gasteiger partial charge < -0.3 is 9.47 Å². The first-order valence-corrected chi connectivity index (χ1v) is 8.42. The van der Waals surface area contributed by atoms with Gasteiger partial charge in [-0.05, 0) is 36.6 Å². The SMILES string of the molecule is COc1cc2c(cc1OC)C1(C)CS(=O)CCN1CC2. The van der Waals surface area contributed by atoms with E-state index < -0.39 is 10.8 Å². The zero-order valence-electron chi connectivity index (χ0n) is 12.3. The van der Waals surface area contributed by atoms with Crippen LogP contribution >= 0.6 is 0 Å². The molecule has 2 aliphatic heterocycles. The minimum Gasteiger partial charge on any atom is -0.493 e. The van der Waals surface area contributed by atoms with E-state index in [1.165, 1.54) is 11.1 Å². The predicted molar refractivity (Wildman–Crippen MR) is 80.1 cm³/mol. The summed E-state index contributed by atoms with van der Waals surface area (Å²) in [6, 6.07) is 4.15. The van der Waals surface area contributed by atoms with E-state index in [1.54, 1.807) is 14.2 Å². The number of benzene rings is 1. The first-order valence-electron chi connectivity index (χ1n) is 6.94. The first-order chi connectivity index (χ1) is 9.58. The zero-order chi connectivity index (χ0) is 14.3. The second-order valence-electron chi connectivity index (χ2n) is 5.66. The second kappa shape index (κ2) is 5.04. The van der Waals surface area contributed by atoms with Gasteiger partial charge in [-0.2, -0.15) is 0 Å². The van der Waals surface area contributed by atoms with E-state index in [0.29, 0.717) is 5.75 Å². The molecule has 1 saturated heterocycles. The highest BCUT2D eigenvalue weighted by atomic mass is 32.2. The Balaban J connectivity index is 2.12. The maximum atomic E-state index is 12.0. The van der Waals surface area contributed by atoms with Gasteiger partial charge in [0.25, 0.3) is 0 Å². The van der Waals surface area contributed by atoms with Crippen LogP contribution in [0.2, 0.25) is 0 Å². The third-order valence-corrected chi connectivity index (χ3v) is 6.09. The van der Waals surface area contributed by atoms with Crippen LogP contribution in [-0.4, -0.2) is 47.9 Å². The van der Waals surface area contributed by atoms with Gasteiger partial charge in [0.05, 0.1) is 19.8 Å². The summed E-state index contributed by atoms with van der Waals surface area (Å²) in [5.74, 6) is 3.03. The molecule has 1 fully saturated rings. The van der Waals surface area contributed by atoms with Crippen molar-refractivity contribution in [3.8, 4) is 11.5 Å². The molecule has 2 unspecified atom stereocenters. The van der Waals surface area contributed by atoms with E-state index in [1.807, 2.05) is 0 Å². The fourth-order valence-electron chi connectivity index (χ4n) is 3.43. The molecule has 0 bridgehead atoms. The Hall–Kier alpha value is -1.07. The summed E-state index contributed by atoms with van der Waals surface area (Å²) in [4.78, 5) is 2.46. The van der Waals surface area contributed by atoms with Crippen molar-refractivity contribution in [3.63, 3.8) is 0 Å². The van der Waals surface area contributed by atoms with Gasteiger partial charge in [0.15, 0.2) is 11.5 Å². The fourth-order valence-corrected chi connectivity index (χ4v) is 4.96. The lowest BCUT2D eigenvalue weighted by Crippen LogP contribution is -2.56. The monoisotopic (exact) mass is 295 g/mol. The van der Waals surface area contributed by atoms with Gasteiger partial charge in [0.1, 0.15) is 0 Å². The van der Waals surface area contributed by atoms with Crippen molar-refractivity contribution in [2.75, 3.05) is 38.8 Å². The molecule has 20 heavy (non-hydrogen) atoms. The number of hydrogen-bond donors (Lipinski definition) is 0. The summed E-state index contributed by atoms with van der Waals surface area (Å²) in [6.07, 6.45) is 1.01. The van der Waals surface area contributed by atoms with Crippen molar-refractivity contribution >= 4 is 10.8 Å². The highest BCUT2D eigenvalue weighted by Gasteiger charge is 2.43. The minimum absolute atomic E-state index is 0.143. The molecule has 3 rings (SSSR count). The van der Waals surface area contributed by atoms with Gasteiger partial charge in [0.2, 0.25) is 0 Å². The predicted octanol–water partition coefficient (Wildman–Crippen LogP) is 1.54. The standard InChI is InChI=1S/C15H21NO3S/c1-15-10-20(17)7-6-16(15)5-4-11-8-13(18-2)14(19-3)9-12(11)15/h8-9H,4-7,10H2,1-3H3. The highest BCUT2D eigenvalue weighted by Crippen LogP contribution is 2.42. The Morgan fingerprint density at radius 2 is 1.90 bits per heavy atom. The molecule has 2 aliphatic rings. The molecular weight excluding hydrogens is 274 g/mol. The maximum Gasteiger partial charge on any atom is 0.161 e. The molecule has 1 aromatic carbocycles. The second-order valence-corrected chi connectivity index (χ2v) is 7.24. The number of fused-ring (bicyclic) bond motifs is 3. The molecule has 2 atom stereocenters. The molecule has 0 N–H and O–H groups in total. The smallest absolute Gasteiger partial charge is 0.161 e.